The quantitative estimate of drug-likeness (QED) is 0.155. The van der Waals surface area contributed by atoms with Crippen molar-refractivity contribution in [3.63, 3.8) is 0 Å². The van der Waals surface area contributed by atoms with Crippen molar-refractivity contribution in [1.29, 1.82) is 0 Å². The van der Waals surface area contributed by atoms with Crippen LogP contribution in [-0.2, 0) is 28.6 Å². The first kappa shape index (κ1) is 35.1. The third kappa shape index (κ3) is 7.31. The fraction of sp³-hybridized carbons (Fsp3) is 0.256. The molecule has 0 saturated carbocycles. The van der Waals surface area contributed by atoms with Crippen molar-refractivity contribution in [2.45, 2.75) is 56.8 Å². The Morgan fingerprint density at radius 2 is 1.11 bits per heavy atom. The minimum Gasteiger partial charge on any atom is -0.340 e. The summed E-state index contributed by atoms with van der Waals surface area (Å²) in [6.07, 6.45) is 0.633. The molecule has 4 aromatic carbocycles. The van der Waals surface area contributed by atoms with Crippen LogP contribution in [0.4, 0.5) is 13.2 Å². The first-order chi connectivity index (χ1) is 26.2. The van der Waals surface area contributed by atoms with E-state index in [1.807, 2.05) is 89.8 Å². The topological polar surface area (TPSA) is 98.0 Å². The molecule has 2 N–H and O–H groups in total. The van der Waals surface area contributed by atoms with Crippen molar-refractivity contribution >= 4 is 11.8 Å². The summed E-state index contributed by atoms with van der Waals surface area (Å²) in [5.41, 5.74) is 4.61. The third-order valence-corrected chi connectivity index (χ3v) is 10.5. The molecule has 0 unspecified atom stereocenters. The largest absolute Gasteiger partial charge is 0.435 e. The lowest BCUT2D eigenvalue weighted by Crippen LogP contribution is -2.32. The van der Waals surface area contributed by atoms with Gasteiger partial charge < -0.3 is 19.8 Å². The van der Waals surface area contributed by atoms with Crippen molar-refractivity contribution < 1.29 is 22.8 Å². The van der Waals surface area contributed by atoms with Gasteiger partial charge in [-0.15, -0.1) is 0 Å². The lowest BCUT2D eigenvalue weighted by Gasteiger charge is -2.23. The van der Waals surface area contributed by atoms with Crippen LogP contribution in [0.3, 0.4) is 0 Å². The molecule has 2 atom stereocenters. The zero-order chi connectivity index (χ0) is 37.2. The highest BCUT2D eigenvalue weighted by molar-refractivity contribution is 5.80. The van der Waals surface area contributed by atoms with Crippen LogP contribution in [0.1, 0.15) is 66.2 Å². The number of carbonyl (C=O) groups excluding carboxylic acids is 2. The summed E-state index contributed by atoms with van der Waals surface area (Å²) in [5, 5.41) is 0. The second kappa shape index (κ2) is 14.8. The molecule has 0 aliphatic carbocycles. The molecule has 8 nitrogen and oxygen atoms in total. The van der Waals surface area contributed by atoms with Gasteiger partial charge in [0.05, 0.1) is 42.5 Å². The van der Waals surface area contributed by atoms with Crippen LogP contribution in [0.15, 0.2) is 115 Å². The number of hydrogen-bond donors (Lipinski definition) is 2. The molecular weight excluding hydrogens is 690 g/mol. The molecule has 2 aliphatic heterocycles. The van der Waals surface area contributed by atoms with E-state index in [9.17, 15) is 22.8 Å². The number of benzene rings is 4. The van der Waals surface area contributed by atoms with Gasteiger partial charge in [-0.1, -0.05) is 109 Å². The minimum atomic E-state index is -4.68. The second-order valence-corrected chi connectivity index (χ2v) is 14.0. The van der Waals surface area contributed by atoms with E-state index in [-0.39, 0.29) is 35.8 Å². The van der Waals surface area contributed by atoms with Crippen molar-refractivity contribution in [2.24, 2.45) is 0 Å². The fourth-order valence-corrected chi connectivity index (χ4v) is 7.73. The molecule has 0 spiro atoms. The van der Waals surface area contributed by atoms with Crippen molar-refractivity contribution in [1.82, 2.24) is 29.7 Å². The number of alkyl halides is 3. The van der Waals surface area contributed by atoms with Gasteiger partial charge in [0.25, 0.3) is 0 Å². The van der Waals surface area contributed by atoms with E-state index >= 15 is 0 Å². The first-order valence-electron chi connectivity index (χ1n) is 18.3. The smallest absolute Gasteiger partial charge is 0.340 e. The molecule has 8 rings (SSSR count). The van der Waals surface area contributed by atoms with Crippen LogP contribution in [-0.4, -0.2) is 54.6 Å². The molecule has 2 saturated heterocycles. The molecule has 0 radical (unpaired) electrons. The van der Waals surface area contributed by atoms with Gasteiger partial charge in [0.2, 0.25) is 11.8 Å². The van der Waals surface area contributed by atoms with E-state index in [0.29, 0.717) is 37.9 Å². The van der Waals surface area contributed by atoms with Gasteiger partial charge in [-0.05, 0) is 53.5 Å². The Morgan fingerprint density at radius 1 is 0.630 bits per heavy atom. The van der Waals surface area contributed by atoms with Gasteiger partial charge in [-0.2, -0.15) is 13.2 Å². The lowest BCUT2D eigenvalue weighted by atomic mass is 10.0. The van der Waals surface area contributed by atoms with Crippen LogP contribution in [0, 0.1) is 0 Å². The normalized spacial score (nSPS) is 17.3. The summed E-state index contributed by atoms with van der Waals surface area (Å²) < 4.78 is 43.0. The maximum absolute atomic E-state index is 14.3. The maximum atomic E-state index is 14.3. The Labute approximate surface area is 311 Å². The van der Waals surface area contributed by atoms with E-state index in [4.69, 9.17) is 0 Å². The number of H-pyrrole nitrogens is 2. The molecule has 54 heavy (non-hydrogen) atoms. The molecule has 0 bridgehead atoms. The second-order valence-electron chi connectivity index (χ2n) is 14.0. The molecule has 4 heterocycles. The van der Waals surface area contributed by atoms with Crippen LogP contribution < -0.4 is 0 Å². The lowest BCUT2D eigenvalue weighted by molar-refractivity contribution is -0.140. The fourth-order valence-electron chi connectivity index (χ4n) is 7.73. The minimum absolute atomic E-state index is 0.0890. The van der Waals surface area contributed by atoms with Gasteiger partial charge in [-0.3, -0.25) is 9.59 Å². The van der Waals surface area contributed by atoms with Gasteiger partial charge in [0.15, 0.2) is 5.69 Å². The summed E-state index contributed by atoms with van der Waals surface area (Å²) in [4.78, 5) is 45.1. The average molecular weight is 729 g/mol. The Bertz CT molecular complexity index is 2230. The zero-order valence-corrected chi connectivity index (χ0v) is 29.5. The Morgan fingerprint density at radius 3 is 1.63 bits per heavy atom. The zero-order valence-electron chi connectivity index (χ0n) is 29.5. The van der Waals surface area contributed by atoms with Crippen molar-refractivity contribution in [3.8, 4) is 33.6 Å². The molecule has 274 valence electrons. The molecule has 11 heteroatoms. The highest BCUT2D eigenvalue weighted by atomic mass is 19.4. The average Bonchev–Trinajstić information content (AvgIpc) is 4.02. The maximum Gasteiger partial charge on any atom is 0.435 e. The molecule has 2 amide bonds. The number of aromatic amines is 2. The number of hydrogen-bond acceptors (Lipinski definition) is 4. The Kier molecular flexibility index (Phi) is 9.62. The van der Waals surface area contributed by atoms with Gasteiger partial charge in [0, 0.05) is 18.7 Å². The Balaban J connectivity index is 0.967. The van der Waals surface area contributed by atoms with Crippen LogP contribution in [0.2, 0.25) is 0 Å². The van der Waals surface area contributed by atoms with E-state index in [1.165, 1.54) is 0 Å². The predicted molar refractivity (Wildman–Crippen MR) is 200 cm³/mol. The molecular formula is C43H39F3N6O2. The highest BCUT2D eigenvalue weighted by Crippen LogP contribution is 2.40. The van der Waals surface area contributed by atoms with E-state index in [1.54, 1.807) is 35.4 Å². The summed E-state index contributed by atoms with van der Waals surface area (Å²) >= 11 is 0. The number of nitrogens with one attached hydrogen (secondary N) is 2. The summed E-state index contributed by atoms with van der Waals surface area (Å²) in [5.74, 6) is 0.872. The summed E-state index contributed by atoms with van der Waals surface area (Å²) in [7, 11) is 0. The van der Waals surface area contributed by atoms with E-state index in [0.717, 1.165) is 52.2 Å². The summed E-state index contributed by atoms with van der Waals surface area (Å²) in [6.45, 7) is 1.17. The number of carbonyl (C=O) groups is 2. The molecule has 2 aliphatic rings. The monoisotopic (exact) mass is 728 g/mol. The van der Waals surface area contributed by atoms with Crippen LogP contribution in [0.5, 0.6) is 0 Å². The third-order valence-electron chi connectivity index (χ3n) is 10.5. The Hall–Kier alpha value is -5.97. The molecule has 6 aromatic rings. The van der Waals surface area contributed by atoms with Gasteiger partial charge in [0.1, 0.15) is 11.6 Å². The van der Waals surface area contributed by atoms with Crippen molar-refractivity contribution in [2.75, 3.05) is 13.1 Å². The number of nitrogens with zero attached hydrogens (tertiary/aromatic N) is 4. The SMILES string of the molecule is O=C(Cc1ccccc1)N1CCC[C@H]1c1ncc(-c2ccc(-c3ccc(-c4[nH]c([C@@H]5CCCN5C(=O)Cc5ccccc5)nc4C(F)(F)F)cc3)cc2)[nH]1. The van der Waals surface area contributed by atoms with Gasteiger partial charge >= 0.3 is 6.18 Å². The summed E-state index contributed by atoms with van der Waals surface area (Å²) in [6, 6.07) is 33.2. The molecule has 2 fully saturated rings. The number of amides is 2. The van der Waals surface area contributed by atoms with E-state index < -0.39 is 17.9 Å². The molecule has 2 aromatic heterocycles. The van der Waals surface area contributed by atoms with Gasteiger partial charge in [-0.25, -0.2) is 9.97 Å². The highest BCUT2D eigenvalue weighted by Gasteiger charge is 2.40. The number of halogens is 3. The number of rotatable bonds is 9. The number of aromatic nitrogens is 4. The van der Waals surface area contributed by atoms with Crippen LogP contribution >= 0.6 is 0 Å². The predicted octanol–water partition coefficient (Wildman–Crippen LogP) is 8.97. The standard InChI is InChI=1S/C43H39F3N6O2/c44-43(45,46)40-39(49-42(50-40)36-14-8-24-52(36)38(54)26-29-11-5-2-6-12-29)33-21-17-31(18-22-33)30-15-19-32(20-16-30)34-27-47-41(48-34)35-13-7-23-51(35)37(53)25-28-9-3-1-4-10-28/h1-6,9-12,15-22,27,35-36H,7-8,13-14,23-26H2,(H,47,48)(H,49,50)/t35-,36-/m0/s1. The van der Waals surface area contributed by atoms with Crippen LogP contribution in [0.25, 0.3) is 33.6 Å². The number of imidazole rings is 2. The number of likely N-dealkylation sites (tertiary alicyclic amines) is 2. The van der Waals surface area contributed by atoms with Crippen molar-refractivity contribution in [3.05, 3.63) is 144 Å². The first-order valence-corrected chi connectivity index (χ1v) is 18.3. The van der Waals surface area contributed by atoms with E-state index in [2.05, 4.69) is 19.9 Å².